The van der Waals surface area contributed by atoms with Crippen molar-refractivity contribution in [3.63, 3.8) is 0 Å². The van der Waals surface area contributed by atoms with Gasteiger partial charge in [0.15, 0.2) is 52.5 Å². The molecule has 12 saturated heterocycles. The molecule has 0 aromatic carbocycles. The Morgan fingerprint density at radius 2 is 0.492 bits per heavy atom. The van der Waals surface area contributed by atoms with E-state index in [1.54, 1.807) is 20.8 Å². The Bertz CT molecular complexity index is 4250. The van der Waals surface area contributed by atoms with E-state index >= 15 is 0 Å². The molecule has 15 aliphatic rings. The summed E-state index contributed by atoms with van der Waals surface area (Å²) >= 11 is 0. The quantitative estimate of drug-likeness (QED) is 0.0520. The number of fused-ring (bicyclic) bond motifs is 6. The fourth-order valence-electron chi connectivity index (χ4n) is 22.5. The van der Waals surface area contributed by atoms with E-state index in [2.05, 4.69) is 14.2 Å². The van der Waals surface area contributed by atoms with E-state index in [-0.39, 0.29) is 74.0 Å². The highest BCUT2D eigenvalue weighted by molar-refractivity contribution is 6.13. The summed E-state index contributed by atoms with van der Waals surface area (Å²) in [5, 5.41) is 33.5. The molecule has 6 amide bonds. The van der Waals surface area contributed by atoms with Gasteiger partial charge in [-0.2, -0.15) is 0 Å². The number of aliphatic hydroxyl groups excluding tert-OH is 3. The van der Waals surface area contributed by atoms with Gasteiger partial charge in [-0.1, -0.05) is 36.5 Å². The Morgan fingerprint density at radius 1 is 0.317 bits per heavy atom. The molecule has 12 aliphatic heterocycles. The Balaban J connectivity index is 0.000000159. The fraction of sp³-hybridized carbons (Fsp3) is 0.679. The zero-order valence-electron chi connectivity index (χ0n) is 73.2. The van der Waals surface area contributed by atoms with Gasteiger partial charge in [-0.05, 0) is 99.3 Å². The van der Waals surface area contributed by atoms with Crippen molar-refractivity contribution in [1.29, 1.82) is 0 Å². The number of allylic oxidation sites excluding steroid dienone is 3. The minimum atomic E-state index is -1.91. The summed E-state index contributed by atoms with van der Waals surface area (Å²) in [5.41, 5.74) is -19.8. The zero-order valence-corrected chi connectivity index (χ0v) is 73.2. The summed E-state index contributed by atoms with van der Waals surface area (Å²) in [6.45, 7) is 8.89. The summed E-state index contributed by atoms with van der Waals surface area (Å²) in [4.78, 5) is 259. The van der Waals surface area contributed by atoms with E-state index in [1.165, 1.54) is 99.1 Å². The molecule has 42 heteroatoms. The average Bonchev–Trinajstić information content (AvgIpc) is 1.53. The number of nitrogens with zero attached hydrogens (tertiary/aromatic N) is 6. The van der Waals surface area contributed by atoms with Crippen LogP contribution in [0.2, 0.25) is 0 Å². The highest BCUT2D eigenvalue weighted by atomic mass is 16.6. The first-order valence-corrected chi connectivity index (χ1v) is 40.9. The minimum absolute atomic E-state index is 0.0916. The smallest absolute Gasteiger partial charge is 0.343 e. The maximum Gasteiger partial charge on any atom is 0.343 e. The average molecular weight is 1780 g/mol. The summed E-state index contributed by atoms with van der Waals surface area (Å²) in [6.07, 6.45) is 15.5. The lowest BCUT2D eigenvalue weighted by atomic mass is 9.68. The highest BCUT2D eigenvalue weighted by Crippen LogP contribution is 2.60. The molecule has 0 spiro atoms. The van der Waals surface area contributed by atoms with Crippen molar-refractivity contribution in [3.8, 4) is 0 Å². The molecule has 0 aromatic heterocycles. The lowest BCUT2D eigenvalue weighted by molar-refractivity contribution is -0.194. The molecule has 0 bridgehead atoms. The van der Waals surface area contributed by atoms with Crippen molar-refractivity contribution < 1.29 is 173 Å². The van der Waals surface area contributed by atoms with Crippen LogP contribution in [0.5, 0.6) is 0 Å². The Hall–Kier alpha value is -11.4. The normalized spacial score (nSPS) is 39.1. The molecule has 0 saturated carbocycles. The largest absolute Gasteiger partial charge is 0.467 e. The van der Waals surface area contributed by atoms with Crippen molar-refractivity contribution >= 4 is 126 Å². The van der Waals surface area contributed by atoms with Gasteiger partial charge in [-0.3, -0.25) is 71.9 Å². The van der Waals surface area contributed by atoms with Gasteiger partial charge >= 0.3 is 71.6 Å². The molecule has 12 fully saturated rings. The van der Waals surface area contributed by atoms with Crippen LogP contribution in [0.15, 0.2) is 36.5 Å². The third kappa shape index (κ3) is 13.1. The predicted octanol–water partition coefficient (Wildman–Crippen LogP) is -2.10. The number of rotatable bonds is 15. The number of amides is 6. The van der Waals surface area contributed by atoms with Crippen LogP contribution in [0.3, 0.4) is 0 Å². The first-order chi connectivity index (χ1) is 58.9. The molecule has 24 atom stereocenters. The number of ether oxygens (including phenoxy) is 12. The van der Waals surface area contributed by atoms with Crippen LogP contribution >= 0.6 is 0 Å². The highest BCUT2D eigenvalue weighted by Gasteiger charge is 2.83. The zero-order chi connectivity index (χ0) is 94.2. The maximum atomic E-state index is 12.8. The van der Waals surface area contributed by atoms with Crippen LogP contribution in [0.1, 0.15) is 138 Å². The molecule has 3 N–H and O–H groups in total. The number of hydrogen-bond donors (Lipinski definition) is 3. The third-order valence-electron chi connectivity index (χ3n) is 29.5. The summed E-state index contributed by atoms with van der Waals surface area (Å²) in [6, 6.07) is 0. The summed E-state index contributed by atoms with van der Waals surface area (Å²) in [5.74, 6) is -16.8. The SMILES string of the molecule is COC(=O)[C@]1(C(O)[C@@H]2C=CCCC2)N(C)C(=O)[C@@H]2CC(=O)O[C@@]21C.COC(=O)[C@]1(C=O)N(C)C(=O)[C@@H]2CC(=O)O[C@@]21C.COC(=O)[C@]1(C=O)N(C)C(=O)[C@@H]2CC(=O)O[C@@]21C.COC(=O)[C@]1(C=O)N(C)C(=O)[C@@H]2CC(=O)O[C@@]21C.COC(=O)[C@]1([C@@H](O)[C@@H]2C=CCCC2)N(C)C(=O)[C@@H]2CC(=O)O[C@@]21C.COC(=O)[C@]1([C@H](O)[C@@H]2C=CCCC2)N(C)C(=O)[C@@H]2CC(=O)O[C@@]21C. The fourth-order valence-corrected chi connectivity index (χ4v) is 22.5. The molecule has 126 heavy (non-hydrogen) atoms. The number of carbonyl (C=O) groups excluding carboxylic acids is 21. The molecule has 0 aromatic rings. The molecule has 690 valence electrons. The topological polar surface area (TPSA) is 549 Å². The lowest BCUT2D eigenvalue weighted by Gasteiger charge is -2.47. The molecule has 3 aliphatic carbocycles. The van der Waals surface area contributed by atoms with E-state index in [1.807, 2.05) is 36.5 Å². The van der Waals surface area contributed by atoms with Crippen LogP contribution in [0.4, 0.5) is 0 Å². The molecular formula is C84H108N6O36. The Morgan fingerprint density at radius 3 is 0.659 bits per heavy atom. The van der Waals surface area contributed by atoms with Crippen LogP contribution < -0.4 is 0 Å². The molecular weight excluding hydrogens is 1670 g/mol. The van der Waals surface area contributed by atoms with Crippen LogP contribution in [-0.2, 0) is 158 Å². The van der Waals surface area contributed by atoms with E-state index in [0.717, 1.165) is 74.6 Å². The summed E-state index contributed by atoms with van der Waals surface area (Å²) < 4.78 is 60.5. The Kier molecular flexibility index (Phi) is 26.4. The number of likely N-dealkylation sites (N-methyl/N-ethyl adjacent to an activating group) is 6. The van der Waals surface area contributed by atoms with Gasteiger partial charge in [-0.15, -0.1) is 0 Å². The third-order valence-corrected chi connectivity index (χ3v) is 29.5. The van der Waals surface area contributed by atoms with Crippen molar-refractivity contribution in [2.45, 2.75) is 223 Å². The number of likely N-dealkylation sites (tertiary alicyclic amines) is 6. The number of aliphatic hydroxyl groups is 3. The van der Waals surface area contributed by atoms with Crippen LogP contribution in [-0.4, -0.2) is 341 Å². The van der Waals surface area contributed by atoms with Crippen molar-refractivity contribution in [2.75, 3.05) is 84.9 Å². The standard InChI is InChI=1S/3C17H23NO6.3C11H13NO6/c3*1-16-11(9-12(19)24-16)14(21)18(2)17(16,15(22)23-3)13(20)10-7-5-4-6-8-10;3*1-10-6(4-7(14)18-10)8(15)12(2)11(10,5-13)9(16)17-3/h3*5,7,10-11,13,20H,4,6,8-9H2,1-3H3;3*5-6H,4H2,1-3H3/t10-,11+,13?,16+,17+;10-,11+,13+,16+,17+;10-,11+,13-,16+,17+;3*6-,10-,11-/m111000/s1. The molecule has 15 rings (SSSR count). The van der Waals surface area contributed by atoms with Crippen molar-refractivity contribution in [2.24, 2.45) is 53.3 Å². The number of esters is 12. The molecule has 42 nitrogen and oxygen atoms in total. The lowest BCUT2D eigenvalue weighted by Crippen LogP contribution is -2.70. The van der Waals surface area contributed by atoms with E-state index in [4.69, 9.17) is 42.6 Å². The molecule has 1 unspecified atom stereocenters. The number of hydrogen-bond acceptors (Lipinski definition) is 36. The van der Waals surface area contributed by atoms with Crippen molar-refractivity contribution in [3.05, 3.63) is 36.5 Å². The van der Waals surface area contributed by atoms with E-state index < -0.39 is 210 Å². The van der Waals surface area contributed by atoms with Gasteiger partial charge in [0.25, 0.3) is 0 Å². The first kappa shape index (κ1) is 96.8. The van der Waals surface area contributed by atoms with Gasteiger partial charge in [0.05, 0.1) is 135 Å². The molecule has 12 heterocycles. The van der Waals surface area contributed by atoms with Crippen molar-refractivity contribution in [1.82, 2.24) is 29.4 Å². The number of carbonyl (C=O) groups is 21. The second-order valence-corrected chi connectivity index (χ2v) is 34.7. The van der Waals surface area contributed by atoms with E-state index in [0.29, 0.717) is 38.1 Å². The van der Waals surface area contributed by atoms with E-state index in [9.17, 15) is 116 Å². The van der Waals surface area contributed by atoms with Gasteiger partial charge in [0.1, 0.15) is 0 Å². The maximum absolute atomic E-state index is 12.8. The summed E-state index contributed by atoms with van der Waals surface area (Å²) in [7, 11) is 15.3. The second-order valence-electron chi connectivity index (χ2n) is 34.7. The predicted molar refractivity (Wildman–Crippen MR) is 416 cm³/mol. The molecule has 0 radical (unpaired) electrons. The monoisotopic (exact) mass is 1780 g/mol. The Labute approximate surface area is 723 Å². The second kappa shape index (κ2) is 34.4. The van der Waals surface area contributed by atoms with Gasteiger partial charge < -0.3 is 102 Å². The van der Waals surface area contributed by atoms with Gasteiger partial charge in [0, 0.05) is 60.0 Å². The first-order valence-electron chi connectivity index (χ1n) is 40.9. The van der Waals surface area contributed by atoms with Crippen LogP contribution in [0, 0.1) is 53.3 Å². The van der Waals surface area contributed by atoms with Gasteiger partial charge in [0.2, 0.25) is 68.7 Å². The van der Waals surface area contributed by atoms with Gasteiger partial charge in [-0.25, -0.2) is 28.8 Å². The minimum Gasteiger partial charge on any atom is -0.467 e. The van der Waals surface area contributed by atoms with Crippen LogP contribution in [0.25, 0.3) is 0 Å². The number of methoxy groups -OCH3 is 6. The number of aldehydes is 3.